The van der Waals surface area contributed by atoms with Gasteiger partial charge in [-0.3, -0.25) is 9.59 Å². The van der Waals surface area contributed by atoms with Crippen LogP contribution in [0.3, 0.4) is 0 Å². The van der Waals surface area contributed by atoms with Crippen LogP contribution in [0.4, 0.5) is 5.69 Å². The van der Waals surface area contributed by atoms with Gasteiger partial charge in [0, 0.05) is 6.42 Å². The Labute approximate surface area is 163 Å². The quantitative estimate of drug-likeness (QED) is 0.717. The summed E-state index contributed by atoms with van der Waals surface area (Å²) in [5.41, 5.74) is 1.05. The molecule has 3 rings (SSSR count). The molecular formula is C20H20N2O5S. The molecule has 0 fully saturated rings. The Bertz CT molecular complexity index is 1020. The van der Waals surface area contributed by atoms with Crippen LogP contribution in [0.2, 0.25) is 0 Å². The zero-order chi connectivity index (χ0) is 20.1. The Morgan fingerprint density at radius 3 is 2.46 bits per heavy atom. The number of amidine groups is 1. The maximum Gasteiger partial charge on any atom is 0.313 e. The molecule has 1 unspecified atom stereocenters. The highest BCUT2D eigenvalue weighted by atomic mass is 32.2. The summed E-state index contributed by atoms with van der Waals surface area (Å²) < 4.78 is 33.3. The van der Waals surface area contributed by atoms with E-state index in [4.69, 9.17) is 4.74 Å². The van der Waals surface area contributed by atoms with Crippen LogP contribution < -0.4 is 5.32 Å². The van der Waals surface area contributed by atoms with E-state index in [1.54, 1.807) is 49.4 Å². The van der Waals surface area contributed by atoms with E-state index >= 15 is 0 Å². The monoisotopic (exact) mass is 400 g/mol. The molecule has 146 valence electrons. The first-order valence-corrected chi connectivity index (χ1v) is 10.3. The fraction of sp³-hybridized carbons (Fsp3) is 0.250. The minimum absolute atomic E-state index is 0.0280. The minimum Gasteiger partial charge on any atom is -0.466 e. The Hall–Kier alpha value is -3.00. The van der Waals surface area contributed by atoms with Crippen molar-refractivity contribution in [3.8, 4) is 0 Å². The van der Waals surface area contributed by atoms with Gasteiger partial charge in [0.15, 0.2) is 11.6 Å². The van der Waals surface area contributed by atoms with Gasteiger partial charge < -0.3 is 10.1 Å². The number of carbonyl (C=O) groups is 2. The smallest absolute Gasteiger partial charge is 0.313 e. The molecule has 2 aromatic rings. The molecule has 28 heavy (non-hydrogen) atoms. The van der Waals surface area contributed by atoms with Gasteiger partial charge in [-0.1, -0.05) is 42.5 Å². The average molecular weight is 400 g/mol. The highest BCUT2D eigenvalue weighted by molar-refractivity contribution is 7.90. The summed E-state index contributed by atoms with van der Waals surface area (Å²) in [5.74, 6) is -1.76. The number of ether oxygens (including phenoxy) is 1. The van der Waals surface area contributed by atoms with Crippen LogP contribution in [0.1, 0.15) is 31.2 Å². The number of para-hydroxylation sites is 1. The highest BCUT2D eigenvalue weighted by Gasteiger charge is 2.29. The third kappa shape index (κ3) is 4.28. The van der Waals surface area contributed by atoms with Gasteiger partial charge in [0.25, 0.3) is 10.0 Å². The molecule has 1 N–H and O–H groups in total. The maximum atomic E-state index is 12.6. The van der Waals surface area contributed by atoms with Crippen molar-refractivity contribution in [3.05, 3.63) is 60.2 Å². The molecule has 0 aliphatic carbocycles. The predicted molar refractivity (Wildman–Crippen MR) is 105 cm³/mol. The topological polar surface area (TPSA) is 102 Å². The van der Waals surface area contributed by atoms with Gasteiger partial charge in [-0.2, -0.15) is 8.42 Å². The lowest BCUT2D eigenvalue weighted by molar-refractivity contribution is -0.145. The Kier molecular flexibility index (Phi) is 5.89. The SMILES string of the molecule is CCOC(=O)C(CCC(=O)C1=NS(=O)(=O)c2ccccc2N1)c1ccccc1. The molecule has 1 aliphatic heterocycles. The first kappa shape index (κ1) is 19.8. The van der Waals surface area contributed by atoms with Crippen molar-refractivity contribution < 1.29 is 22.7 Å². The summed E-state index contributed by atoms with van der Waals surface area (Å²) in [4.78, 5) is 25.0. The van der Waals surface area contributed by atoms with Crippen molar-refractivity contribution in [2.75, 3.05) is 11.9 Å². The van der Waals surface area contributed by atoms with Crippen molar-refractivity contribution in [2.45, 2.75) is 30.6 Å². The zero-order valence-electron chi connectivity index (χ0n) is 15.3. The van der Waals surface area contributed by atoms with Crippen molar-refractivity contribution >= 4 is 33.3 Å². The number of benzene rings is 2. The number of nitrogens with zero attached hydrogens (tertiary/aromatic N) is 1. The predicted octanol–water partition coefficient (Wildman–Crippen LogP) is 2.90. The second kappa shape index (κ2) is 8.35. The average Bonchev–Trinajstić information content (AvgIpc) is 2.68. The standard InChI is InChI=1S/C20H20N2O5S/c1-2-27-20(24)15(14-8-4-3-5-9-14)12-13-17(23)19-21-16-10-6-7-11-18(16)28(25,26)22-19/h3-11,15H,2,12-13H2,1H3,(H,21,22). The van der Waals surface area contributed by atoms with Crippen molar-refractivity contribution in [1.82, 2.24) is 0 Å². The van der Waals surface area contributed by atoms with Crippen molar-refractivity contribution in [1.29, 1.82) is 0 Å². The molecule has 0 radical (unpaired) electrons. The number of anilines is 1. The van der Waals surface area contributed by atoms with E-state index in [0.717, 1.165) is 5.56 Å². The van der Waals surface area contributed by atoms with E-state index in [1.807, 2.05) is 6.07 Å². The van der Waals surface area contributed by atoms with Crippen molar-refractivity contribution in [2.24, 2.45) is 4.40 Å². The number of sulfonamides is 1. The number of ketones is 1. The Morgan fingerprint density at radius 2 is 1.75 bits per heavy atom. The molecule has 0 saturated heterocycles. The van der Waals surface area contributed by atoms with Crippen LogP contribution in [-0.4, -0.2) is 32.6 Å². The van der Waals surface area contributed by atoms with Gasteiger partial charge in [0.2, 0.25) is 0 Å². The molecule has 7 nitrogen and oxygen atoms in total. The lowest BCUT2D eigenvalue weighted by Crippen LogP contribution is -2.29. The summed E-state index contributed by atoms with van der Waals surface area (Å²) in [6, 6.07) is 15.3. The van der Waals surface area contributed by atoms with E-state index in [0.29, 0.717) is 5.69 Å². The number of fused-ring (bicyclic) bond motifs is 1. The van der Waals surface area contributed by atoms with Crippen LogP contribution in [0.5, 0.6) is 0 Å². The molecule has 0 spiro atoms. The van der Waals surface area contributed by atoms with Crippen molar-refractivity contribution in [3.63, 3.8) is 0 Å². The lowest BCUT2D eigenvalue weighted by atomic mass is 9.93. The summed E-state index contributed by atoms with van der Waals surface area (Å²) in [5, 5.41) is 2.78. The number of hydrogen-bond donors (Lipinski definition) is 1. The minimum atomic E-state index is -3.94. The summed E-state index contributed by atoms with van der Waals surface area (Å²) in [6.45, 7) is 1.95. The van der Waals surface area contributed by atoms with Gasteiger partial charge >= 0.3 is 5.97 Å². The molecule has 0 aromatic heterocycles. The fourth-order valence-electron chi connectivity index (χ4n) is 2.98. The number of nitrogens with one attached hydrogen (secondary N) is 1. The van der Waals surface area contributed by atoms with E-state index in [1.165, 1.54) is 6.07 Å². The molecule has 1 aliphatic rings. The van der Waals surface area contributed by atoms with Crippen LogP contribution in [0, 0.1) is 0 Å². The molecule has 1 atom stereocenters. The zero-order valence-corrected chi connectivity index (χ0v) is 16.1. The first-order chi connectivity index (χ1) is 13.4. The lowest BCUT2D eigenvalue weighted by Gasteiger charge is -2.18. The van der Waals surface area contributed by atoms with Crippen LogP contribution >= 0.6 is 0 Å². The molecule has 2 aromatic carbocycles. The van der Waals surface area contributed by atoms with E-state index in [9.17, 15) is 18.0 Å². The third-order valence-corrected chi connectivity index (χ3v) is 5.66. The van der Waals surface area contributed by atoms with E-state index in [-0.39, 0.29) is 30.2 Å². The van der Waals surface area contributed by atoms with Gasteiger partial charge in [-0.05, 0) is 31.0 Å². The molecule has 0 saturated carbocycles. The first-order valence-electron chi connectivity index (χ1n) is 8.88. The summed E-state index contributed by atoms with van der Waals surface area (Å²) >= 11 is 0. The third-order valence-electron chi connectivity index (χ3n) is 4.33. The van der Waals surface area contributed by atoms with Gasteiger partial charge in [0.1, 0.15) is 4.90 Å². The van der Waals surface area contributed by atoms with Crippen LogP contribution in [-0.2, 0) is 24.3 Å². The van der Waals surface area contributed by atoms with Crippen LogP contribution in [0.25, 0.3) is 0 Å². The Morgan fingerprint density at radius 1 is 1.07 bits per heavy atom. The van der Waals surface area contributed by atoms with E-state index in [2.05, 4.69) is 9.71 Å². The number of Topliss-reactive ketones (excluding diaryl/α,β-unsaturated/α-hetero) is 1. The summed E-state index contributed by atoms with van der Waals surface area (Å²) in [7, 11) is -3.94. The molecular weight excluding hydrogens is 380 g/mol. The normalized spacial score (nSPS) is 15.5. The molecule has 8 heteroatoms. The molecule has 1 heterocycles. The Balaban J connectivity index is 1.77. The number of hydrogen-bond acceptors (Lipinski definition) is 6. The molecule has 0 amide bonds. The number of carbonyl (C=O) groups excluding carboxylic acids is 2. The number of esters is 1. The number of rotatable bonds is 7. The maximum absolute atomic E-state index is 12.6. The largest absolute Gasteiger partial charge is 0.466 e. The highest BCUT2D eigenvalue weighted by Crippen LogP contribution is 2.28. The second-order valence-electron chi connectivity index (χ2n) is 6.21. The second-order valence-corrected chi connectivity index (χ2v) is 7.79. The van der Waals surface area contributed by atoms with Gasteiger partial charge in [-0.15, -0.1) is 4.40 Å². The van der Waals surface area contributed by atoms with Gasteiger partial charge in [0.05, 0.1) is 18.2 Å². The summed E-state index contributed by atoms with van der Waals surface area (Å²) in [6.07, 6.45) is 0.131. The van der Waals surface area contributed by atoms with Crippen LogP contribution in [0.15, 0.2) is 63.9 Å². The van der Waals surface area contributed by atoms with Gasteiger partial charge in [-0.25, -0.2) is 0 Å². The van der Waals surface area contributed by atoms with E-state index < -0.39 is 27.7 Å². The fourth-order valence-corrected chi connectivity index (χ4v) is 4.11. The molecule has 0 bridgehead atoms.